The van der Waals surface area contributed by atoms with Crippen LogP contribution in [0.15, 0.2) is 15.8 Å². The number of hydrogen-bond donors (Lipinski definition) is 0. The van der Waals surface area contributed by atoms with E-state index in [1.807, 2.05) is 22.9 Å². The van der Waals surface area contributed by atoms with Gasteiger partial charge in [-0.2, -0.15) is 4.98 Å². The van der Waals surface area contributed by atoms with E-state index in [2.05, 4.69) is 35.9 Å². The third kappa shape index (κ3) is 2.68. The summed E-state index contributed by atoms with van der Waals surface area (Å²) in [6.07, 6.45) is 0. The number of fused-ring (bicyclic) bond motifs is 2. The van der Waals surface area contributed by atoms with Crippen LogP contribution >= 0.6 is 67.3 Å². The second-order valence-corrected chi connectivity index (χ2v) is 10.1. The first kappa shape index (κ1) is 16.7. The molecule has 0 spiro atoms. The maximum absolute atomic E-state index is 14.7. The maximum atomic E-state index is 14.7. The molecule has 0 N–H and O–H groups in total. The van der Waals surface area contributed by atoms with Gasteiger partial charge >= 0.3 is 5.69 Å². The minimum Gasteiger partial charge on any atom is -0.340 e. The third-order valence-electron chi connectivity index (χ3n) is 3.99. The number of anilines is 1. The van der Waals surface area contributed by atoms with E-state index in [1.165, 1.54) is 13.6 Å². The van der Waals surface area contributed by atoms with E-state index in [-0.39, 0.29) is 16.9 Å². The Morgan fingerprint density at radius 2 is 2.17 bits per heavy atom. The zero-order chi connectivity index (χ0) is 16.3. The first-order chi connectivity index (χ1) is 11.0. The molecule has 1 unspecified atom stereocenters. The molecular formula is C13H11FI2N4OS2. The van der Waals surface area contributed by atoms with E-state index in [0.717, 1.165) is 30.5 Å². The van der Waals surface area contributed by atoms with Crippen molar-refractivity contribution >= 4 is 84.0 Å². The lowest BCUT2D eigenvalue weighted by atomic mass is 10.1. The van der Waals surface area contributed by atoms with Crippen molar-refractivity contribution < 1.29 is 4.39 Å². The van der Waals surface area contributed by atoms with E-state index in [9.17, 15) is 9.18 Å². The molecule has 1 saturated heterocycles. The fraction of sp³-hybridized carbons (Fsp3) is 0.385. The Kier molecular flexibility index (Phi) is 4.48. The van der Waals surface area contributed by atoms with Crippen LogP contribution in [-0.2, 0) is 0 Å². The number of hydrogen-bond acceptors (Lipinski definition) is 6. The molecule has 1 atom stereocenters. The molecule has 0 aliphatic carbocycles. The fourth-order valence-corrected chi connectivity index (χ4v) is 7.04. The highest BCUT2D eigenvalue weighted by Crippen LogP contribution is 2.49. The summed E-state index contributed by atoms with van der Waals surface area (Å²) < 4.78 is 18.4. The van der Waals surface area contributed by atoms with Crippen molar-refractivity contribution in [1.29, 1.82) is 0 Å². The summed E-state index contributed by atoms with van der Waals surface area (Å²) >= 11 is 4.25. The van der Waals surface area contributed by atoms with Crippen molar-refractivity contribution in [2.75, 3.05) is 24.5 Å². The van der Waals surface area contributed by atoms with Crippen molar-refractivity contribution in [2.24, 2.45) is 0 Å². The summed E-state index contributed by atoms with van der Waals surface area (Å²) in [4.78, 5) is 19.3. The minimum atomic E-state index is -0.308. The van der Waals surface area contributed by atoms with Crippen LogP contribution in [0.2, 0.25) is 0 Å². The van der Waals surface area contributed by atoms with Crippen LogP contribution in [0.3, 0.4) is 0 Å². The molecule has 2 aliphatic heterocycles. The van der Waals surface area contributed by atoms with E-state index in [1.54, 1.807) is 23.8 Å². The lowest BCUT2D eigenvalue weighted by molar-refractivity contribution is 0.442. The van der Waals surface area contributed by atoms with Gasteiger partial charge in [0.1, 0.15) is 17.0 Å². The van der Waals surface area contributed by atoms with Crippen LogP contribution < -0.4 is 10.6 Å². The van der Waals surface area contributed by atoms with Gasteiger partial charge in [-0.1, -0.05) is 21.6 Å². The van der Waals surface area contributed by atoms with Crippen LogP contribution in [0.1, 0.15) is 5.56 Å². The summed E-state index contributed by atoms with van der Waals surface area (Å²) in [5, 5.41) is 0.905. The summed E-state index contributed by atoms with van der Waals surface area (Å²) in [6.45, 7) is 4.26. The van der Waals surface area contributed by atoms with Gasteiger partial charge in [0.05, 0.1) is 38.7 Å². The zero-order valence-corrected chi connectivity index (χ0v) is 17.9. The highest BCUT2D eigenvalue weighted by atomic mass is 127. The van der Waals surface area contributed by atoms with Crippen molar-refractivity contribution in [2.45, 2.75) is 17.2 Å². The van der Waals surface area contributed by atoms with Gasteiger partial charge in [-0.3, -0.25) is 0 Å². The van der Waals surface area contributed by atoms with Crippen LogP contribution in [0.25, 0.3) is 10.9 Å². The smallest absolute Gasteiger partial charge is 0.340 e. The Balaban J connectivity index is 2.06. The summed E-state index contributed by atoms with van der Waals surface area (Å²) in [7, 11) is 3.09. The molecule has 0 amide bonds. The molecule has 0 bridgehead atoms. The van der Waals surface area contributed by atoms with Gasteiger partial charge < -0.3 is 4.90 Å². The SMILES string of the molecule is Cc1cc2c3c(nc(=O)n2I)N2CCN(I)CC2SSc3c1F. The van der Waals surface area contributed by atoms with Crippen LogP contribution in [0.5, 0.6) is 0 Å². The van der Waals surface area contributed by atoms with Gasteiger partial charge in [-0.15, -0.1) is 0 Å². The predicted octanol–water partition coefficient (Wildman–Crippen LogP) is 3.59. The number of rotatable bonds is 0. The molecule has 2 aromatic rings. The quantitative estimate of drug-likeness (QED) is 0.272. The number of aryl methyl sites for hydroxylation is 1. The topological polar surface area (TPSA) is 41.4 Å². The van der Waals surface area contributed by atoms with E-state index in [0.29, 0.717) is 16.3 Å². The molecule has 23 heavy (non-hydrogen) atoms. The first-order valence-electron chi connectivity index (χ1n) is 6.90. The Morgan fingerprint density at radius 3 is 2.96 bits per heavy atom. The number of halogens is 3. The Bertz CT molecular complexity index is 877. The second-order valence-electron chi connectivity index (χ2n) is 5.43. The molecule has 10 heteroatoms. The molecule has 1 aromatic heterocycles. The summed E-state index contributed by atoms with van der Waals surface area (Å²) in [6, 6.07) is 1.74. The van der Waals surface area contributed by atoms with Crippen molar-refractivity contribution in [3.8, 4) is 0 Å². The van der Waals surface area contributed by atoms with Crippen LogP contribution in [0.4, 0.5) is 10.2 Å². The second kappa shape index (κ2) is 6.18. The largest absolute Gasteiger partial charge is 0.359 e. The molecule has 0 radical (unpaired) electrons. The van der Waals surface area contributed by atoms with Gasteiger partial charge in [0, 0.05) is 42.5 Å². The van der Waals surface area contributed by atoms with E-state index >= 15 is 0 Å². The molecule has 1 aromatic carbocycles. The third-order valence-corrected chi connectivity index (χ3v) is 8.52. The van der Waals surface area contributed by atoms with Crippen LogP contribution in [0, 0.1) is 12.7 Å². The van der Waals surface area contributed by atoms with E-state index < -0.39 is 0 Å². The zero-order valence-electron chi connectivity index (χ0n) is 11.9. The van der Waals surface area contributed by atoms with Crippen molar-refractivity contribution in [3.63, 3.8) is 0 Å². The molecule has 3 heterocycles. The highest BCUT2D eigenvalue weighted by molar-refractivity contribution is 14.1. The van der Waals surface area contributed by atoms with Crippen molar-refractivity contribution in [1.82, 2.24) is 10.9 Å². The molecule has 1 fully saturated rings. The average molecular weight is 576 g/mol. The molecule has 5 nitrogen and oxygen atoms in total. The molecule has 2 aliphatic rings. The Labute approximate surface area is 167 Å². The van der Waals surface area contributed by atoms with Gasteiger partial charge in [0.25, 0.3) is 0 Å². The summed E-state index contributed by atoms with van der Waals surface area (Å²) in [5.41, 5.74) is 0.982. The van der Waals surface area contributed by atoms with E-state index in [4.69, 9.17) is 0 Å². The number of nitrogens with zero attached hydrogens (tertiary/aromatic N) is 4. The first-order valence-corrected chi connectivity index (χ1v) is 11.0. The molecule has 122 valence electrons. The monoisotopic (exact) mass is 576 g/mol. The minimum absolute atomic E-state index is 0.151. The number of piperazine rings is 1. The van der Waals surface area contributed by atoms with Crippen LogP contribution in [-0.4, -0.2) is 35.9 Å². The van der Waals surface area contributed by atoms with Gasteiger partial charge in [0.2, 0.25) is 0 Å². The van der Waals surface area contributed by atoms with Crippen molar-refractivity contribution in [3.05, 3.63) is 27.9 Å². The number of benzene rings is 1. The Hall–Kier alpha value is 0.210. The standard InChI is InChI=1S/C13H11FI2N4OS2/c1-6-4-7-9-11(10(6)14)23-22-8-5-18(15)2-3-19(8)12(9)17-13(21)20(7)16/h4,8H,2-3,5H2,1H3. The average Bonchev–Trinajstić information content (AvgIpc) is 2.67. The molecule has 0 saturated carbocycles. The molecular weight excluding hydrogens is 565 g/mol. The maximum Gasteiger partial charge on any atom is 0.359 e. The van der Waals surface area contributed by atoms with Gasteiger partial charge in [-0.05, 0) is 18.6 Å². The van der Waals surface area contributed by atoms with Gasteiger partial charge in [0.15, 0.2) is 0 Å². The fourth-order valence-electron chi connectivity index (χ4n) is 2.84. The predicted molar refractivity (Wildman–Crippen MR) is 110 cm³/mol. The van der Waals surface area contributed by atoms with Gasteiger partial charge in [-0.25, -0.2) is 15.1 Å². The lowest BCUT2D eigenvalue weighted by Gasteiger charge is -2.38. The Morgan fingerprint density at radius 1 is 1.39 bits per heavy atom. The highest BCUT2D eigenvalue weighted by Gasteiger charge is 2.34. The number of aromatic nitrogens is 2. The molecule has 4 rings (SSSR count). The normalized spacial score (nSPS) is 21.4. The lowest BCUT2D eigenvalue weighted by Crippen LogP contribution is -2.48. The summed E-state index contributed by atoms with van der Waals surface area (Å²) in [5.74, 6) is 0.415.